The standard InChI is InChI=1S/C15H15FN2O2S/c1-10-3-8-13(21-10)15(20)18(2)9-14(19)17-12-6-4-11(16)5-7-12/h3-8H,9H2,1-2H3,(H,17,19). The van der Waals surface area contributed by atoms with Gasteiger partial charge in [0, 0.05) is 17.6 Å². The van der Waals surface area contributed by atoms with E-state index in [4.69, 9.17) is 0 Å². The van der Waals surface area contributed by atoms with Crippen molar-refractivity contribution in [2.45, 2.75) is 6.92 Å². The second kappa shape index (κ2) is 6.49. The van der Waals surface area contributed by atoms with Crippen LogP contribution in [0.5, 0.6) is 0 Å². The van der Waals surface area contributed by atoms with Crippen molar-refractivity contribution in [2.75, 3.05) is 18.9 Å². The van der Waals surface area contributed by atoms with E-state index < -0.39 is 0 Å². The number of carbonyl (C=O) groups excluding carboxylic acids is 2. The number of amides is 2. The minimum Gasteiger partial charge on any atom is -0.332 e. The summed E-state index contributed by atoms with van der Waals surface area (Å²) in [6, 6.07) is 9.08. The lowest BCUT2D eigenvalue weighted by atomic mass is 10.3. The summed E-state index contributed by atoms with van der Waals surface area (Å²) in [6.07, 6.45) is 0. The van der Waals surface area contributed by atoms with Crippen molar-refractivity contribution in [3.05, 3.63) is 52.0 Å². The zero-order chi connectivity index (χ0) is 15.4. The van der Waals surface area contributed by atoms with E-state index in [1.807, 2.05) is 13.0 Å². The predicted molar refractivity (Wildman–Crippen MR) is 81.0 cm³/mol. The molecule has 0 saturated heterocycles. The molecule has 0 unspecified atom stereocenters. The maximum Gasteiger partial charge on any atom is 0.264 e. The number of likely N-dealkylation sites (N-methyl/N-ethyl adjacent to an activating group) is 1. The minimum absolute atomic E-state index is 0.0623. The third-order valence-electron chi connectivity index (χ3n) is 2.81. The molecule has 110 valence electrons. The summed E-state index contributed by atoms with van der Waals surface area (Å²) in [6.45, 7) is 1.86. The molecule has 1 aromatic carbocycles. The molecule has 1 heterocycles. The third kappa shape index (κ3) is 4.13. The molecule has 2 aromatic rings. The van der Waals surface area contributed by atoms with Crippen LogP contribution in [0.25, 0.3) is 0 Å². The van der Waals surface area contributed by atoms with Crippen LogP contribution in [0.1, 0.15) is 14.5 Å². The quantitative estimate of drug-likeness (QED) is 0.944. The van der Waals surface area contributed by atoms with Crippen molar-refractivity contribution in [3.63, 3.8) is 0 Å². The summed E-state index contributed by atoms with van der Waals surface area (Å²) in [5.41, 5.74) is 0.495. The van der Waals surface area contributed by atoms with Crippen LogP contribution in [0.3, 0.4) is 0 Å². The van der Waals surface area contributed by atoms with E-state index in [-0.39, 0.29) is 24.2 Å². The molecule has 2 rings (SSSR count). The van der Waals surface area contributed by atoms with Crippen molar-refractivity contribution in [3.8, 4) is 0 Å². The average molecular weight is 306 g/mol. The molecule has 4 nitrogen and oxygen atoms in total. The highest BCUT2D eigenvalue weighted by molar-refractivity contribution is 7.13. The van der Waals surface area contributed by atoms with Gasteiger partial charge in [0.05, 0.1) is 11.4 Å². The number of aryl methyl sites for hydroxylation is 1. The van der Waals surface area contributed by atoms with Gasteiger partial charge >= 0.3 is 0 Å². The van der Waals surface area contributed by atoms with Gasteiger partial charge in [0.1, 0.15) is 5.82 Å². The third-order valence-corrected chi connectivity index (χ3v) is 3.80. The maximum atomic E-state index is 12.8. The number of hydrogen-bond donors (Lipinski definition) is 1. The van der Waals surface area contributed by atoms with Crippen LogP contribution in [-0.4, -0.2) is 30.3 Å². The molecular weight excluding hydrogens is 291 g/mol. The predicted octanol–water partition coefficient (Wildman–Crippen LogP) is 2.91. The van der Waals surface area contributed by atoms with Crippen molar-refractivity contribution in [1.29, 1.82) is 0 Å². The smallest absolute Gasteiger partial charge is 0.264 e. The number of thiophene rings is 1. The normalized spacial score (nSPS) is 10.2. The fourth-order valence-electron chi connectivity index (χ4n) is 1.76. The summed E-state index contributed by atoms with van der Waals surface area (Å²) in [5.74, 6) is -0.888. The van der Waals surface area contributed by atoms with E-state index in [1.54, 1.807) is 13.1 Å². The Kier molecular flexibility index (Phi) is 4.70. The molecule has 2 amide bonds. The van der Waals surface area contributed by atoms with Crippen molar-refractivity contribution >= 4 is 28.8 Å². The number of benzene rings is 1. The van der Waals surface area contributed by atoms with Crippen molar-refractivity contribution in [1.82, 2.24) is 4.90 Å². The van der Waals surface area contributed by atoms with E-state index in [9.17, 15) is 14.0 Å². The lowest BCUT2D eigenvalue weighted by Crippen LogP contribution is -2.34. The first kappa shape index (κ1) is 15.2. The Morgan fingerprint density at radius 1 is 1.19 bits per heavy atom. The summed E-state index contributed by atoms with van der Waals surface area (Å²) in [4.78, 5) is 26.9. The fourth-order valence-corrected chi connectivity index (χ4v) is 2.62. The van der Waals surface area contributed by atoms with Gasteiger partial charge in [-0.3, -0.25) is 9.59 Å². The van der Waals surface area contributed by atoms with Crippen LogP contribution in [-0.2, 0) is 4.79 Å². The lowest BCUT2D eigenvalue weighted by Gasteiger charge is -2.15. The summed E-state index contributed by atoms with van der Waals surface area (Å²) >= 11 is 1.39. The molecule has 0 atom stereocenters. The molecule has 6 heteroatoms. The van der Waals surface area contributed by atoms with E-state index in [2.05, 4.69) is 5.32 Å². The Hall–Kier alpha value is -2.21. The lowest BCUT2D eigenvalue weighted by molar-refractivity contribution is -0.116. The molecule has 0 aliphatic heterocycles. The number of nitrogens with one attached hydrogen (secondary N) is 1. The highest BCUT2D eigenvalue weighted by Crippen LogP contribution is 2.16. The monoisotopic (exact) mass is 306 g/mol. The summed E-state index contributed by atoms with van der Waals surface area (Å²) < 4.78 is 12.8. The minimum atomic E-state index is -0.367. The fraction of sp³-hybridized carbons (Fsp3) is 0.200. The van der Waals surface area contributed by atoms with E-state index in [0.717, 1.165) is 4.88 Å². The Balaban J connectivity index is 1.92. The van der Waals surface area contributed by atoms with Crippen molar-refractivity contribution < 1.29 is 14.0 Å². The van der Waals surface area contributed by atoms with Crippen LogP contribution in [0, 0.1) is 12.7 Å². The number of carbonyl (C=O) groups is 2. The van der Waals surface area contributed by atoms with E-state index in [1.165, 1.54) is 40.5 Å². The van der Waals surface area contributed by atoms with E-state index in [0.29, 0.717) is 10.6 Å². The first-order valence-corrected chi connectivity index (χ1v) is 7.14. The summed E-state index contributed by atoms with van der Waals surface area (Å²) in [7, 11) is 1.57. The van der Waals surface area contributed by atoms with Gasteiger partial charge < -0.3 is 10.2 Å². The molecular formula is C15H15FN2O2S. The number of rotatable bonds is 4. The van der Waals surface area contributed by atoms with Gasteiger partial charge in [-0.15, -0.1) is 11.3 Å². The summed E-state index contributed by atoms with van der Waals surface area (Å²) in [5, 5.41) is 2.62. The highest BCUT2D eigenvalue weighted by Gasteiger charge is 2.16. The first-order valence-electron chi connectivity index (χ1n) is 6.33. The molecule has 0 aliphatic carbocycles. The SMILES string of the molecule is Cc1ccc(C(=O)N(C)CC(=O)Nc2ccc(F)cc2)s1. The maximum absolute atomic E-state index is 12.8. The molecule has 0 fully saturated rings. The molecule has 0 radical (unpaired) electrons. The van der Waals surface area contributed by atoms with E-state index >= 15 is 0 Å². The van der Waals surface area contributed by atoms with Crippen molar-refractivity contribution in [2.24, 2.45) is 0 Å². The van der Waals surface area contributed by atoms with Gasteiger partial charge in [0.2, 0.25) is 5.91 Å². The second-order valence-corrected chi connectivity index (χ2v) is 5.91. The zero-order valence-corrected chi connectivity index (χ0v) is 12.5. The topological polar surface area (TPSA) is 49.4 Å². The zero-order valence-electron chi connectivity index (χ0n) is 11.7. The number of hydrogen-bond acceptors (Lipinski definition) is 3. The molecule has 1 N–H and O–H groups in total. The van der Waals surface area contributed by atoms with Gasteiger partial charge in [-0.25, -0.2) is 4.39 Å². The number of halogens is 1. The molecule has 0 aliphatic rings. The Morgan fingerprint density at radius 2 is 1.86 bits per heavy atom. The average Bonchev–Trinajstić information content (AvgIpc) is 2.87. The largest absolute Gasteiger partial charge is 0.332 e. The van der Waals surface area contributed by atoms with Crippen LogP contribution in [0.4, 0.5) is 10.1 Å². The number of anilines is 1. The van der Waals surface area contributed by atoms with Gasteiger partial charge in [0.15, 0.2) is 0 Å². The second-order valence-electron chi connectivity index (χ2n) is 4.63. The Morgan fingerprint density at radius 3 is 2.43 bits per heavy atom. The van der Waals surface area contributed by atoms with Crippen LogP contribution in [0.2, 0.25) is 0 Å². The highest BCUT2D eigenvalue weighted by atomic mass is 32.1. The van der Waals surface area contributed by atoms with Crippen LogP contribution >= 0.6 is 11.3 Å². The molecule has 0 spiro atoms. The Labute approximate surface area is 126 Å². The van der Waals surface area contributed by atoms with Gasteiger partial charge in [0.25, 0.3) is 5.91 Å². The molecule has 21 heavy (non-hydrogen) atoms. The molecule has 1 aromatic heterocycles. The Bertz CT molecular complexity index is 652. The molecule has 0 bridgehead atoms. The molecule has 0 saturated carbocycles. The number of nitrogens with zero attached hydrogens (tertiary/aromatic N) is 1. The van der Waals surface area contributed by atoms with Gasteiger partial charge in [-0.1, -0.05) is 0 Å². The first-order chi connectivity index (χ1) is 9.95. The van der Waals surface area contributed by atoms with Gasteiger partial charge in [-0.2, -0.15) is 0 Å². The van der Waals surface area contributed by atoms with Crippen LogP contribution in [0.15, 0.2) is 36.4 Å². The van der Waals surface area contributed by atoms with Crippen LogP contribution < -0.4 is 5.32 Å². The van der Waals surface area contributed by atoms with Gasteiger partial charge in [-0.05, 0) is 43.3 Å².